The Labute approximate surface area is 245 Å². The molecule has 8 nitrogen and oxygen atoms in total. The van der Waals surface area contributed by atoms with Gasteiger partial charge in [0.05, 0.1) is 41.2 Å². The number of aromatic nitrogens is 2. The highest BCUT2D eigenvalue weighted by Crippen LogP contribution is 2.39. The molecule has 208 valence electrons. The van der Waals surface area contributed by atoms with Crippen LogP contribution in [0.15, 0.2) is 72.5 Å². The Morgan fingerprint density at radius 3 is 2.52 bits per heavy atom. The summed E-state index contributed by atoms with van der Waals surface area (Å²) in [7, 11) is 3.19. The van der Waals surface area contributed by atoms with Gasteiger partial charge in [0.15, 0.2) is 17.3 Å². The number of hydrogen-bond donors (Lipinski definition) is 1. The number of benzene rings is 3. The molecule has 0 radical (unpaired) electrons. The van der Waals surface area contributed by atoms with Gasteiger partial charge in [0.2, 0.25) is 0 Å². The predicted molar refractivity (Wildman–Crippen MR) is 163 cm³/mol. The molecule has 9 heteroatoms. The van der Waals surface area contributed by atoms with Crippen molar-refractivity contribution in [1.29, 1.82) is 5.26 Å². The van der Waals surface area contributed by atoms with Crippen molar-refractivity contribution in [2.45, 2.75) is 12.8 Å². The molecule has 0 amide bonds. The molecule has 2 aromatic heterocycles. The van der Waals surface area contributed by atoms with Gasteiger partial charge < -0.3 is 19.3 Å². The van der Waals surface area contributed by atoms with Gasteiger partial charge in [0, 0.05) is 5.39 Å². The van der Waals surface area contributed by atoms with Crippen molar-refractivity contribution in [3.8, 4) is 17.6 Å². The topological polar surface area (TPSA) is 115 Å². The maximum atomic E-state index is 13.6. The van der Waals surface area contributed by atoms with Crippen LogP contribution < -0.4 is 9.47 Å². The van der Waals surface area contributed by atoms with E-state index in [-0.39, 0.29) is 11.3 Å². The van der Waals surface area contributed by atoms with Gasteiger partial charge in [-0.1, -0.05) is 36.4 Å². The molecule has 0 saturated heterocycles. The summed E-state index contributed by atoms with van der Waals surface area (Å²) in [4.78, 5) is 23.0. The molecule has 0 bridgehead atoms. The second kappa shape index (κ2) is 11.4. The summed E-state index contributed by atoms with van der Waals surface area (Å²) in [6.45, 7) is -0.461. The number of rotatable bonds is 7. The Hall–Kier alpha value is -5.20. The minimum absolute atomic E-state index is 0.0195. The van der Waals surface area contributed by atoms with E-state index in [9.17, 15) is 15.2 Å². The van der Waals surface area contributed by atoms with Crippen LogP contribution in [0.2, 0.25) is 0 Å². The SMILES string of the molecule is COc1ccc(/C=C2/CCc3c2nc2ccccc2c3C(=O)OCC(O)=C(C#N)c2nc3ccccc3s2)cc1OC. The van der Waals surface area contributed by atoms with Crippen molar-refractivity contribution in [3.63, 3.8) is 0 Å². The first kappa shape index (κ1) is 27.0. The Morgan fingerprint density at radius 1 is 1.00 bits per heavy atom. The smallest absolute Gasteiger partial charge is 0.339 e. The van der Waals surface area contributed by atoms with E-state index >= 15 is 0 Å². The first-order valence-corrected chi connectivity index (χ1v) is 14.0. The lowest BCUT2D eigenvalue weighted by Crippen LogP contribution is -2.13. The number of ether oxygens (including phenoxy) is 3. The van der Waals surface area contributed by atoms with Crippen molar-refractivity contribution >= 4 is 55.6 Å². The normalized spacial score (nSPS) is 14.0. The first-order valence-electron chi connectivity index (χ1n) is 13.2. The van der Waals surface area contributed by atoms with Crippen molar-refractivity contribution in [2.75, 3.05) is 20.8 Å². The summed E-state index contributed by atoms with van der Waals surface area (Å²) in [5, 5.41) is 21.6. The number of pyridine rings is 1. The molecule has 0 atom stereocenters. The molecule has 5 aromatic rings. The number of para-hydroxylation sites is 2. The fraction of sp³-hybridized carbons (Fsp3) is 0.152. The Morgan fingerprint density at radius 2 is 1.76 bits per heavy atom. The van der Waals surface area contributed by atoms with Crippen LogP contribution in [0.4, 0.5) is 0 Å². The van der Waals surface area contributed by atoms with E-state index in [1.54, 1.807) is 14.2 Å². The third-order valence-electron chi connectivity index (χ3n) is 7.14. The number of nitrogens with zero attached hydrogens (tertiary/aromatic N) is 3. The second-order valence-corrected chi connectivity index (χ2v) is 10.6. The molecular weight excluding hydrogens is 550 g/mol. The molecule has 2 heterocycles. The first-order chi connectivity index (χ1) is 20.5. The number of aliphatic hydroxyl groups excluding tert-OH is 1. The van der Waals surface area contributed by atoms with Crippen LogP contribution in [0.25, 0.3) is 38.3 Å². The number of hydrogen-bond acceptors (Lipinski definition) is 9. The number of esters is 1. The lowest BCUT2D eigenvalue weighted by atomic mass is 10.0. The highest BCUT2D eigenvalue weighted by atomic mass is 32.1. The standard InChI is InChI=1S/C33H25N3O5S/c1-39-27-14-11-19(16-28(27)40-2)15-20-12-13-22-30(21-7-3-4-8-24(21)35-31(20)22)33(38)41-18-26(37)23(17-34)32-36-25-9-5-6-10-29(25)42-32/h3-11,14-16,37H,12-13,18H2,1-2H3/b20-15-,26-23?. The number of nitriles is 1. The third-order valence-corrected chi connectivity index (χ3v) is 8.20. The van der Waals surface area contributed by atoms with Gasteiger partial charge in [-0.2, -0.15) is 5.26 Å². The lowest BCUT2D eigenvalue weighted by molar-refractivity contribution is 0.0504. The molecule has 1 aliphatic carbocycles. The summed E-state index contributed by atoms with van der Waals surface area (Å²) in [6.07, 6.45) is 3.33. The highest BCUT2D eigenvalue weighted by Gasteiger charge is 2.28. The number of methoxy groups -OCH3 is 2. The number of carbonyl (C=O) groups excluding carboxylic acids is 1. The number of aliphatic hydroxyl groups is 1. The van der Waals surface area contributed by atoms with E-state index < -0.39 is 12.6 Å². The maximum absolute atomic E-state index is 13.6. The molecule has 0 saturated carbocycles. The summed E-state index contributed by atoms with van der Waals surface area (Å²) in [5.41, 5.74) is 5.22. The van der Waals surface area contributed by atoms with Crippen molar-refractivity contribution in [2.24, 2.45) is 0 Å². The van der Waals surface area contributed by atoms with Gasteiger partial charge in [-0.3, -0.25) is 0 Å². The molecule has 1 N–H and O–H groups in total. The molecular formula is C33H25N3O5S. The number of thiazole rings is 1. The minimum Gasteiger partial charge on any atom is -0.507 e. The van der Waals surface area contributed by atoms with Crippen molar-refractivity contribution in [1.82, 2.24) is 9.97 Å². The van der Waals surface area contributed by atoms with E-state index in [1.807, 2.05) is 78.9 Å². The van der Waals surface area contributed by atoms with Gasteiger partial charge in [-0.25, -0.2) is 14.8 Å². The van der Waals surface area contributed by atoms with Crippen molar-refractivity contribution < 1.29 is 24.1 Å². The zero-order valence-corrected chi connectivity index (χ0v) is 23.7. The summed E-state index contributed by atoms with van der Waals surface area (Å²) in [5.74, 6) is 0.316. The van der Waals surface area contributed by atoms with Gasteiger partial charge in [-0.15, -0.1) is 11.3 Å². The fourth-order valence-electron chi connectivity index (χ4n) is 5.15. The fourth-order valence-corrected chi connectivity index (χ4v) is 6.13. The zero-order chi connectivity index (χ0) is 29.2. The van der Waals surface area contributed by atoms with Gasteiger partial charge >= 0.3 is 5.97 Å². The van der Waals surface area contributed by atoms with Crippen LogP contribution >= 0.6 is 11.3 Å². The molecule has 3 aromatic carbocycles. The van der Waals surface area contributed by atoms with E-state index in [0.29, 0.717) is 45.8 Å². The van der Waals surface area contributed by atoms with Crippen molar-refractivity contribution in [3.05, 3.63) is 99.9 Å². The van der Waals surface area contributed by atoms with Crippen LogP contribution in [0.5, 0.6) is 11.5 Å². The number of carbonyl (C=O) groups is 1. The third kappa shape index (κ3) is 4.93. The molecule has 6 rings (SSSR count). The molecule has 0 fully saturated rings. The van der Waals surface area contributed by atoms with E-state index in [1.165, 1.54) is 11.3 Å². The summed E-state index contributed by atoms with van der Waals surface area (Å²) < 4.78 is 17.3. The van der Waals surface area contributed by atoms with Crippen LogP contribution in [0.3, 0.4) is 0 Å². The monoisotopic (exact) mass is 575 g/mol. The lowest BCUT2D eigenvalue weighted by Gasteiger charge is -2.13. The molecule has 0 unspecified atom stereocenters. The van der Waals surface area contributed by atoms with Gasteiger partial charge in [0.1, 0.15) is 23.3 Å². The summed E-state index contributed by atoms with van der Waals surface area (Å²) >= 11 is 1.29. The average molecular weight is 576 g/mol. The largest absolute Gasteiger partial charge is 0.507 e. The number of allylic oxidation sites excluding steroid dienone is 2. The highest BCUT2D eigenvalue weighted by molar-refractivity contribution is 7.19. The van der Waals surface area contributed by atoms with Crippen LogP contribution in [-0.2, 0) is 11.2 Å². The Balaban J connectivity index is 1.34. The van der Waals surface area contributed by atoms with Gasteiger partial charge in [0.25, 0.3) is 0 Å². The summed E-state index contributed by atoms with van der Waals surface area (Å²) in [6, 6.07) is 22.6. The van der Waals surface area contributed by atoms with Gasteiger partial charge in [-0.05, 0) is 65.9 Å². The number of fused-ring (bicyclic) bond motifs is 3. The molecule has 0 aliphatic heterocycles. The average Bonchev–Trinajstić information content (AvgIpc) is 3.62. The van der Waals surface area contributed by atoms with Crippen LogP contribution in [0.1, 0.15) is 38.6 Å². The molecule has 0 spiro atoms. The Bertz CT molecular complexity index is 1940. The van der Waals surface area contributed by atoms with E-state index in [2.05, 4.69) is 4.98 Å². The predicted octanol–water partition coefficient (Wildman–Crippen LogP) is 7.00. The van der Waals surface area contributed by atoms with E-state index in [0.717, 1.165) is 32.6 Å². The van der Waals surface area contributed by atoms with Crippen LogP contribution in [0, 0.1) is 11.3 Å². The zero-order valence-electron chi connectivity index (χ0n) is 22.9. The molecule has 42 heavy (non-hydrogen) atoms. The molecule has 1 aliphatic rings. The minimum atomic E-state index is -0.592. The second-order valence-electron chi connectivity index (χ2n) is 9.61. The Kier molecular flexibility index (Phi) is 7.30. The maximum Gasteiger partial charge on any atom is 0.339 e. The van der Waals surface area contributed by atoms with E-state index in [4.69, 9.17) is 19.2 Å². The van der Waals surface area contributed by atoms with Crippen LogP contribution in [-0.4, -0.2) is 41.9 Å². The quantitative estimate of drug-likeness (QED) is 0.125.